The van der Waals surface area contributed by atoms with E-state index in [0.29, 0.717) is 25.4 Å². The number of para-hydroxylation sites is 1. The molecule has 1 atom stereocenters. The van der Waals surface area contributed by atoms with Gasteiger partial charge in [-0.2, -0.15) is 0 Å². The van der Waals surface area contributed by atoms with Gasteiger partial charge in [0.05, 0.1) is 6.10 Å². The molecule has 1 aliphatic rings. The van der Waals surface area contributed by atoms with Crippen LogP contribution in [0.25, 0.3) is 0 Å². The van der Waals surface area contributed by atoms with Gasteiger partial charge in [0.1, 0.15) is 13.2 Å². The Hall–Kier alpha value is -1.48. The molecule has 3 nitrogen and oxygen atoms in total. The summed E-state index contributed by atoms with van der Waals surface area (Å²) in [6.45, 7) is 6.91. The van der Waals surface area contributed by atoms with E-state index >= 15 is 0 Å². The predicted octanol–water partition coefficient (Wildman–Crippen LogP) is 2.85. The highest BCUT2D eigenvalue weighted by Crippen LogP contribution is 2.38. The van der Waals surface area contributed by atoms with E-state index in [-0.39, 0.29) is 0 Å². The average molecular weight is 234 g/mol. The molecule has 1 N–H and O–H groups in total. The Balaban J connectivity index is 2.17. The fourth-order valence-electron chi connectivity index (χ4n) is 1.90. The quantitative estimate of drug-likeness (QED) is 0.814. The first-order chi connectivity index (χ1) is 8.18. The Bertz CT molecular complexity index is 412. The van der Waals surface area contributed by atoms with Crippen LogP contribution >= 0.6 is 0 Å². The van der Waals surface area contributed by atoms with E-state index in [2.05, 4.69) is 6.58 Å². The number of aliphatic hydroxyl groups excluding tert-OH is 1. The van der Waals surface area contributed by atoms with Crippen LogP contribution in [0.3, 0.4) is 0 Å². The van der Waals surface area contributed by atoms with Gasteiger partial charge in [-0.05, 0) is 25.8 Å². The van der Waals surface area contributed by atoms with Crippen LogP contribution in [-0.2, 0) is 0 Å². The van der Waals surface area contributed by atoms with E-state index < -0.39 is 6.10 Å². The van der Waals surface area contributed by atoms with Crippen molar-refractivity contribution >= 4 is 0 Å². The molecule has 2 rings (SSSR count). The van der Waals surface area contributed by atoms with Crippen LogP contribution in [0, 0.1) is 0 Å². The zero-order valence-electron chi connectivity index (χ0n) is 10.1. The van der Waals surface area contributed by atoms with Crippen molar-refractivity contribution in [2.24, 2.45) is 0 Å². The number of ether oxygens (including phenoxy) is 2. The maximum absolute atomic E-state index is 10.1. The second-order valence-electron chi connectivity index (χ2n) is 4.38. The first-order valence-electron chi connectivity index (χ1n) is 5.89. The van der Waals surface area contributed by atoms with Gasteiger partial charge in [0.2, 0.25) is 0 Å². The van der Waals surface area contributed by atoms with Crippen molar-refractivity contribution in [1.82, 2.24) is 0 Å². The zero-order chi connectivity index (χ0) is 12.3. The summed E-state index contributed by atoms with van der Waals surface area (Å²) in [6, 6.07) is 5.63. The molecule has 0 spiro atoms. The Morgan fingerprint density at radius 1 is 1.41 bits per heavy atom. The first kappa shape index (κ1) is 12.0. The van der Waals surface area contributed by atoms with Gasteiger partial charge in [-0.1, -0.05) is 17.7 Å². The zero-order valence-corrected chi connectivity index (χ0v) is 10.1. The molecule has 0 radical (unpaired) electrons. The van der Waals surface area contributed by atoms with E-state index in [0.717, 1.165) is 23.3 Å². The minimum Gasteiger partial charge on any atom is -0.486 e. The van der Waals surface area contributed by atoms with Gasteiger partial charge in [-0.25, -0.2) is 0 Å². The number of hydrogen-bond acceptors (Lipinski definition) is 3. The van der Waals surface area contributed by atoms with Crippen LogP contribution in [0.2, 0.25) is 0 Å². The largest absolute Gasteiger partial charge is 0.486 e. The minimum absolute atomic E-state index is 0.525. The molecule has 17 heavy (non-hydrogen) atoms. The Morgan fingerprint density at radius 3 is 2.94 bits per heavy atom. The van der Waals surface area contributed by atoms with E-state index in [9.17, 15) is 5.11 Å². The van der Waals surface area contributed by atoms with E-state index in [1.165, 1.54) is 0 Å². The smallest absolute Gasteiger partial charge is 0.167 e. The van der Waals surface area contributed by atoms with Gasteiger partial charge in [0.25, 0.3) is 0 Å². The summed E-state index contributed by atoms with van der Waals surface area (Å²) in [5, 5.41) is 10.1. The molecule has 0 aliphatic carbocycles. The second kappa shape index (κ2) is 5.23. The normalized spacial score (nSPS) is 15.4. The van der Waals surface area contributed by atoms with Crippen molar-refractivity contribution in [2.45, 2.75) is 25.9 Å². The Labute approximate surface area is 102 Å². The molecule has 0 amide bonds. The second-order valence-corrected chi connectivity index (χ2v) is 4.38. The van der Waals surface area contributed by atoms with Crippen molar-refractivity contribution in [3.05, 3.63) is 35.9 Å². The molecule has 0 saturated carbocycles. The number of fused-ring (bicyclic) bond motifs is 1. The van der Waals surface area contributed by atoms with Crippen LogP contribution in [0.4, 0.5) is 0 Å². The lowest BCUT2D eigenvalue weighted by Crippen LogP contribution is -2.17. The molecule has 1 unspecified atom stereocenters. The molecule has 1 aromatic carbocycles. The van der Waals surface area contributed by atoms with Crippen molar-refractivity contribution in [2.75, 3.05) is 13.2 Å². The van der Waals surface area contributed by atoms with Crippen LogP contribution in [0.5, 0.6) is 11.5 Å². The van der Waals surface area contributed by atoms with Crippen LogP contribution < -0.4 is 9.47 Å². The first-order valence-corrected chi connectivity index (χ1v) is 5.89. The van der Waals surface area contributed by atoms with Gasteiger partial charge in [0, 0.05) is 5.56 Å². The minimum atomic E-state index is -0.525. The number of benzene rings is 1. The third kappa shape index (κ3) is 2.80. The lowest BCUT2D eigenvalue weighted by atomic mass is 10.0. The number of aliphatic hydroxyl groups is 1. The fraction of sp³-hybridized carbons (Fsp3) is 0.429. The summed E-state index contributed by atoms with van der Waals surface area (Å²) in [4.78, 5) is 0. The summed E-state index contributed by atoms with van der Waals surface area (Å²) in [5.74, 6) is 1.41. The molecule has 0 fully saturated rings. The molecule has 92 valence electrons. The summed E-state index contributed by atoms with van der Waals surface area (Å²) < 4.78 is 11.1. The molecule has 0 aromatic heterocycles. The number of rotatable bonds is 4. The van der Waals surface area contributed by atoms with E-state index in [1.54, 1.807) is 0 Å². The highest BCUT2D eigenvalue weighted by Gasteiger charge is 2.20. The SMILES string of the molecule is C=C(C)CCC(O)c1cccc2c1OCCO2. The Kier molecular flexibility index (Phi) is 3.69. The maximum Gasteiger partial charge on any atom is 0.167 e. The number of allylic oxidation sites excluding steroid dienone is 1. The topological polar surface area (TPSA) is 38.7 Å². The van der Waals surface area contributed by atoms with Gasteiger partial charge >= 0.3 is 0 Å². The third-order valence-electron chi connectivity index (χ3n) is 2.80. The molecular formula is C14H18O3. The highest BCUT2D eigenvalue weighted by molar-refractivity contribution is 5.48. The van der Waals surface area contributed by atoms with Gasteiger partial charge in [-0.15, -0.1) is 6.58 Å². The van der Waals surface area contributed by atoms with E-state index in [4.69, 9.17) is 9.47 Å². The van der Waals surface area contributed by atoms with Crippen molar-refractivity contribution in [3.8, 4) is 11.5 Å². The molecule has 0 bridgehead atoms. The lowest BCUT2D eigenvalue weighted by Gasteiger charge is -2.23. The molecule has 0 saturated heterocycles. The monoisotopic (exact) mass is 234 g/mol. The van der Waals surface area contributed by atoms with Gasteiger partial charge in [0.15, 0.2) is 11.5 Å². The summed E-state index contributed by atoms with van der Waals surface area (Å²) in [5.41, 5.74) is 1.88. The van der Waals surface area contributed by atoms with Gasteiger partial charge < -0.3 is 14.6 Å². The molecular weight excluding hydrogens is 216 g/mol. The fourth-order valence-corrected chi connectivity index (χ4v) is 1.90. The molecule has 1 aromatic rings. The third-order valence-corrected chi connectivity index (χ3v) is 2.80. The van der Waals surface area contributed by atoms with Crippen LogP contribution in [-0.4, -0.2) is 18.3 Å². The maximum atomic E-state index is 10.1. The standard InChI is InChI=1S/C14H18O3/c1-10(2)6-7-12(15)11-4-3-5-13-14(11)17-9-8-16-13/h3-5,12,15H,1,6-9H2,2H3. The summed E-state index contributed by atoms with van der Waals surface area (Å²) >= 11 is 0. The van der Waals surface area contributed by atoms with Crippen molar-refractivity contribution in [1.29, 1.82) is 0 Å². The van der Waals surface area contributed by atoms with Gasteiger partial charge in [-0.3, -0.25) is 0 Å². The van der Waals surface area contributed by atoms with Crippen LogP contribution in [0.1, 0.15) is 31.4 Å². The molecule has 1 heterocycles. The summed E-state index contributed by atoms with van der Waals surface area (Å²) in [7, 11) is 0. The number of hydrogen-bond donors (Lipinski definition) is 1. The van der Waals surface area contributed by atoms with Crippen molar-refractivity contribution in [3.63, 3.8) is 0 Å². The highest BCUT2D eigenvalue weighted by atomic mass is 16.6. The summed E-state index contributed by atoms with van der Waals surface area (Å²) in [6.07, 6.45) is 0.948. The lowest BCUT2D eigenvalue weighted by molar-refractivity contribution is 0.141. The van der Waals surface area contributed by atoms with Crippen molar-refractivity contribution < 1.29 is 14.6 Å². The van der Waals surface area contributed by atoms with E-state index in [1.807, 2.05) is 25.1 Å². The predicted molar refractivity (Wildman–Crippen MR) is 66.4 cm³/mol. The molecule has 3 heteroatoms. The average Bonchev–Trinajstić information content (AvgIpc) is 2.35. The Morgan fingerprint density at radius 2 is 2.18 bits per heavy atom. The molecule has 1 aliphatic heterocycles. The van der Waals surface area contributed by atoms with Crippen LogP contribution in [0.15, 0.2) is 30.4 Å².